The fraction of sp³-hybridized carbons (Fsp3) is 0.111. The number of rotatable bonds is 4. The lowest BCUT2D eigenvalue weighted by Crippen LogP contribution is -2.03. The van der Waals surface area contributed by atoms with Crippen LogP contribution in [0.25, 0.3) is 22.0 Å². The topological polar surface area (TPSA) is 68.7 Å². The summed E-state index contributed by atoms with van der Waals surface area (Å²) in [4.78, 5) is 16.2. The number of carboxylic acid groups (broad SMARTS) is 1. The average molecular weight is 309 g/mol. The molecule has 0 spiro atoms. The van der Waals surface area contributed by atoms with Crippen molar-refractivity contribution in [2.45, 2.75) is 0 Å². The molecule has 0 saturated heterocycles. The van der Waals surface area contributed by atoms with Crippen LogP contribution >= 0.6 is 0 Å². The first kappa shape index (κ1) is 14.8. The number of benzene rings is 2. The molecular weight excluding hydrogens is 294 g/mol. The Morgan fingerprint density at radius 2 is 1.70 bits per heavy atom. The highest BCUT2D eigenvalue weighted by atomic mass is 16.5. The number of methoxy groups -OCH3 is 2. The molecular formula is C18H15NO4. The van der Waals surface area contributed by atoms with Crippen molar-refractivity contribution in [3.63, 3.8) is 0 Å². The smallest absolute Gasteiger partial charge is 0.337 e. The Kier molecular flexibility index (Phi) is 3.85. The van der Waals surface area contributed by atoms with Gasteiger partial charge in [0.05, 0.1) is 25.3 Å². The van der Waals surface area contributed by atoms with Crippen molar-refractivity contribution in [1.29, 1.82) is 0 Å². The quantitative estimate of drug-likeness (QED) is 0.797. The number of nitrogens with zero attached hydrogens (tertiary/aromatic N) is 1. The van der Waals surface area contributed by atoms with E-state index in [0.717, 1.165) is 5.56 Å². The Hall–Kier alpha value is -3.08. The minimum atomic E-state index is -1.01. The van der Waals surface area contributed by atoms with Crippen LogP contribution in [0.5, 0.6) is 11.5 Å². The largest absolute Gasteiger partial charge is 0.493 e. The van der Waals surface area contributed by atoms with Gasteiger partial charge >= 0.3 is 5.97 Å². The number of hydrogen-bond acceptors (Lipinski definition) is 4. The Balaban J connectivity index is 2.36. The fourth-order valence-corrected chi connectivity index (χ4v) is 2.59. The van der Waals surface area contributed by atoms with Gasteiger partial charge in [0, 0.05) is 23.2 Å². The molecule has 3 rings (SSSR count). The van der Waals surface area contributed by atoms with Crippen LogP contribution in [0.15, 0.2) is 48.7 Å². The molecule has 0 aliphatic heterocycles. The monoisotopic (exact) mass is 309 g/mol. The van der Waals surface area contributed by atoms with Crippen LogP contribution in [-0.2, 0) is 0 Å². The molecule has 0 bridgehead atoms. The SMILES string of the molecule is COc1cc2ncc(-c3ccccc3)c(C(=O)O)c2cc1OC. The number of hydrogen-bond donors (Lipinski definition) is 1. The molecule has 2 aromatic carbocycles. The molecule has 0 atom stereocenters. The molecule has 0 fully saturated rings. The summed E-state index contributed by atoms with van der Waals surface area (Å²) in [6.07, 6.45) is 1.58. The van der Waals surface area contributed by atoms with E-state index in [1.807, 2.05) is 30.3 Å². The molecule has 5 nitrogen and oxygen atoms in total. The number of carbonyl (C=O) groups is 1. The summed E-state index contributed by atoms with van der Waals surface area (Å²) >= 11 is 0. The molecule has 0 aliphatic rings. The molecule has 116 valence electrons. The predicted molar refractivity (Wildman–Crippen MR) is 87.2 cm³/mol. The molecule has 0 unspecified atom stereocenters. The second kappa shape index (κ2) is 5.96. The highest BCUT2D eigenvalue weighted by Crippen LogP contribution is 2.36. The molecule has 1 heterocycles. The summed E-state index contributed by atoms with van der Waals surface area (Å²) in [6.45, 7) is 0. The highest BCUT2D eigenvalue weighted by molar-refractivity contribution is 6.08. The van der Waals surface area contributed by atoms with Crippen molar-refractivity contribution in [3.05, 3.63) is 54.2 Å². The molecule has 0 amide bonds. The number of fused-ring (bicyclic) bond motifs is 1. The van der Waals surface area contributed by atoms with Crippen molar-refractivity contribution in [2.75, 3.05) is 14.2 Å². The summed E-state index contributed by atoms with van der Waals surface area (Å²) in [6, 6.07) is 12.6. The normalized spacial score (nSPS) is 10.5. The Morgan fingerprint density at radius 1 is 1.04 bits per heavy atom. The van der Waals surface area contributed by atoms with E-state index >= 15 is 0 Å². The van der Waals surface area contributed by atoms with E-state index in [1.54, 1.807) is 18.3 Å². The second-order valence-electron chi connectivity index (χ2n) is 4.94. The number of carboxylic acids is 1. The Labute approximate surface area is 133 Å². The van der Waals surface area contributed by atoms with Crippen molar-refractivity contribution >= 4 is 16.9 Å². The van der Waals surface area contributed by atoms with Gasteiger partial charge in [0.2, 0.25) is 0 Å². The van der Waals surface area contributed by atoms with E-state index in [-0.39, 0.29) is 5.56 Å². The van der Waals surface area contributed by atoms with Gasteiger partial charge in [-0.1, -0.05) is 30.3 Å². The zero-order valence-corrected chi connectivity index (χ0v) is 12.7. The van der Waals surface area contributed by atoms with Crippen LogP contribution in [0.2, 0.25) is 0 Å². The van der Waals surface area contributed by atoms with E-state index in [4.69, 9.17) is 9.47 Å². The zero-order valence-electron chi connectivity index (χ0n) is 12.7. The van der Waals surface area contributed by atoms with Crippen LogP contribution in [-0.4, -0.2) is 30.3 Å². The molecule has 3 aromatic rings. The first-order chi connectivity index (χ1) is 11.2. The number of aromatic nitrogens is 1. The maximum absolute atomic E-state index is 11.9. The third kappa shape index (κ3) is 2.57. The molecule has 0 aliphatic carbocycles. The van der Waals surface area contributed by atoms with Gasteiger partial charge < -0.3 is 14.6 Å². The summed E-state index contributed by atoms with van der Waals surface area (Å²) in [5.41, 5.74) is 2.11. The van der Waals surface area contributed by atoms with Crippen LogP contribution in [0.1, 0.15) is 10.4 Å². The highest BCUT2D eigenvalue weighted by Gasteiger charge is 2.19. The van der Waals surface area contributed by atoms with Gasteiger partial charge in [-0.3, -0.25) is 4.98 Å². The lowest BCUT2D eigenvalue weighted by Gasteiger charge is -2.13. The fourth-order valence-electron chi connectivity index (χ4n) is 2.59. The minimum Gasteiger partial charge on any atom is -0.493 e. The third-order valence-electron chi connectivity index (χ3n) is 3.67. The maximum atomic E-state index is 11.9. The van der Waals surface area contributed by atoms with Crippen LogP contribution in [0.3, 0.4) is 0 Å². The molecule has 0 radical (unpaired) electrons. The second-order valence-corrected chi connectivity index (χ2v) is 4.94. The van der Waals surface area contributed by atoms with E-state index in [0.29, 0.717) is 28.0 Å². The summed E-state index contributed by atoms with van der Waals surface area (Å²) in [5.74, 6) is -0.0331. The Bertz CT molecular complexity index is 875. The van der Waals surface area contributed by atoms with Gasteiger partial charge in [-0.05, 0) is 11.6 Å². The summed E-state index contributed by atoms with van der Waals surface area (Å²) in [5, 5.41) is 10.2. The van der Waals surface area contributed by atoms with Crippen molar-refractivity contribution in [3.8, 4) is 22.6 Å². The van der Waals surface area contributed by atoms with Crippen molar-refractivity contribution in [2.24, 2.45) is 0 Å². The maximum Gasteiger partial charge on any atom is 0.337 e. The number of ether oxygens (including phenoxy) is 2. The van der Waals surface area contributed by atoms with Gasteiger partial charge in [0.25, 0.3) is 0 Å². The molecule has 5 heteroatoms. The molecule has 0 saturated carbocycles. The lowest BCUT2D eigenvalue weighted by atomic mass is 9.97. The number of pyridine rings is 1. The van der Waals surface area contributed by atoms with Crippen LogP contribution < -0.4 is 9.47 Å². The average Bonchev–Trinajstić information content (AvgIpc) is 2.59. The molecule has 1 aromatic heterocycles. The van der Waals surface area contributed by atoms with Gasteiger partial charge in [-0.2, -0.15) is 0 Å². The van der Waals surface area contributed by atoms with Crippen molar-refractivity contribution in [1.82, 2.24) is 4.98 Å². The first-order valence-corrected chi connectivity index (χ1v) is 6.99. The summed E-state index contributed by atoms with van der Waals surface area (Å²) in [7, 11) is 3.04. The Morgan fingerprint density at radius 3 is 2.30 bits per heavy atom. The molecule has 1 N–H and O–H groups in total. The van der Waals surface area contributed by atoms with E-state index < -0.39 is 5.97 Å². The van der Waals surface area contributed by atoms with Crippen LogP contribution in [0.4, 0.5) is 0 Å². The lowest BCUT2D eigenvalue weighted by molar-refractivity contribution is 0.0700. The number of aromatic carboxylic acids is 1. The van der Waals surface area contributed by atoms with Crippen molar-refractivity contribution < 1.29 is 19.4 Å². The minimum absolute atomic E-state index is 0.196. The van der Waals surface area contributed by atoms with E-state index in [2.05, 4.69) is 4.98 Å². The summed E-state index contributed by atoms with van der Waals surface area (Å²) < 4.78 is 10.5. The van der Waals surface area contributed by atoms with E-state index in [9.17, 15) is 9.90 Å². The van der Waals surface area contributed by atoms with Gasteiger partial charge in [0.1, 0.15) is 0 Å². The zero-order chi connectivity index (χ0) is 16.4. The standard InChI is InChI=1S/C18H15NO4/c1-22-15-8-12-14(9-16(15)23-2)19-10-13(17(12)18(20)21)11-6-4-3-5-7-11/h3-10H,1-2H3,(H,20,21). The van der Waals surface area contributed by atoms with Gasteiger partial charge in [-0.15, -0.1) is 0 Å². The predicted octanol–water partition coefficient (Wildman–Crippen LogP) is 3.62. The van der Waals surface area contributed by atoms with E-state index in [1.165, 1.54) is 14.2 Å². The molecule has 23 heavy (non-hydrogen) atoms. The third-order valence-corrected chi connectivity index (χ3v) is 3.67. The van der Waals surface area contributed by atoms with Crippen LogP contribution in [0, 0.1) is 0 Å². The van der Waals surface area contributed by atoms with Gasteiger partial charge in [0.15, 0.2) is 11.5 Å². The van der Waals surface area contributed by atoms with Gasteiger partial charge in [-0.25, -0.2) is 4.79 Å². The first-order valence-electron chi connectivity index (χ1n) is 6.99.